The predicted octanol–water partition coefficient (Wildman–Crippen LogP) is 4.55. The lowest BCUT2D eigenvalue weighted by molar-refractivity contribution is 0.743. The van der Waals surface area contributed by atoms with Gasteiger partial charge in [0.1, 0.15) is 5.01 Å². The second-order valence-corrected chi connectivity index (χ2v) is 7.32. The van der Waals surface area contributed by atoms with Crippen LogP contribution >= 0.6 is 27.3 Å². The average Bonchev–Trinajstić information content (AvgIpc) is 3.17. The number of halogens is 1. The third-order valence-corrected chi connectivity index (χ3v) is 5.32. The van der Waals surface area contributed by atoms with Crippen LogP contribution in [-0.2, 0) is 0 Å². The number of hydrogen-bond donors (Lipinski definition) is 0. The summed E-state index contributed by atoms with van der Waals surface area (Å²) in [6.07, 6.45) is 4.51. The Morgan fingerprint density at radius 3 is 2.75 bits per heavy atom. The maximum atomic E-state index is 4.79. The van der Waals surface area contributed by atoms with Crippen LogP contribution in [0.4, 0.5) is 0 Å². The topological polar surface area (TPSA) is 56.0 Å². The van der Waals surface area contributed by atoms with Crippen LogP contribution < -0.4 is 0 Å². The summed E-state index contributed by atoms with van der Waals surface area (Å²) in [5.41, 5.74) is 2.16. The van der Waals surface area contributed by atoms with Crippen molar-refractivity contribution in [1.29, 1.82) is 0 Å². The molecule has 0 amide bonds. The molecular formula is C17H14BrN5S. The SMILES string of the molecule is CCC(c1ccccc1)c1nn2c(-c3cncc(Br)c3)nnc2s1. The van der Waals surface area contributed by atoms with Gasteiger partial charge in [-0.25, -0.2) is 0 Å². The number of fused-ring (bicyclic) bond motifs is 1. The Balaban J connectivity index is 1.79. The number of rotatable bonds is 4. The van der Waals surface area contributed by atoms with E-state index < -0.39 is 0 Å². The summed E-state index contributed by atoms with van der Waals surface area (Å²) < 4.78 is 2.72. The number of benzene rings is 1. The van der Waals surface area contributed by atoms with Gasteiger partial charge in [0.25, 0.3) is 0 Å². The summed E-state index contributed by atoms with van der Waals surface area (Å²) in [5.74, 6) is 0.982. The van der Waals surface area contributed by atoms with Gasteiger partial charge in [-0.15, -0.1) is 10.2 Å². The minimum Gasteiger partial charge on any atom is -0.263 e. The Bertz CT molecular complexity index is 979. The predicted molar refractivity (Wildman–Crippen MR) is 98.2 cm³/mol. The first kappa shape index (κ1) is 15.4. The molecule has 1 atom stereocenters. The van der Waals surface area contributed by atoms with E-state index in [1.54, 1.807) is 23.7 Å². The Kier molecular flexibility index (Phi) is 4.12. The lowest BCUT2D eigenvalue weighted by Gasteiger charge is -2.11. The fourth-order valence-electron chi connectivity index (χ4n) is 2.72. The molecule has 3 aromatic heterocycles. The summed E-state index contributed by atoms with van der Waals surface area (Å²) in [5, 5.41) is 14.4. The van der Waals surface area contributed by atoms with E-state index in [4.69, 9.17) is 5.10 Å². The highest BCUT2D eigenvalue weighted by Crippen LogP contribution is 2.32. The number of hydrogen-bond acceptors (Lipinski definition) is 5. The molecule has 3 heterocycles. The molecule has 1 aromatic carbocycles. The van der Waals surface area contributed by atoms with Crippen molar-refractivity contribution in [3.8, 4) is 11.4 Å². The van der Waals surface area contributed by atoms with Crippen LogP contribution in [0.15, 0.2) is 53.3 Å². The molecule has 0 N–H and O–H groups in total. The molecule has 0 aliphatic heterocycles. The van der Waals surface area contributed by atoms with Crippen LogP contribution in [-0.4, -0.2) is 24.8 Å². The molecule has 0 aliphatic carbocycles. The quantitative estimate of drug-likeness (QED) is 0.504. The normalized spacial score (nSPS) is 12.6. The van der Waals surface area contributed by atoms with Crippen molar-refractivity contribution in [2.24, 2.45) is 0 Å². The molecule has 0 bridgehead atoms. The Hall–Kier alpha value is -2.12. The van der Waals surface area contributed by atoms with Crippen molar-refractivity contribution in [2.45, 2.75) is 19.3 Å². The lowest BCUT2D eigenvalue weighted by atomic mass is 9.97. The summed E-state index contributed by atoms with van der Waals surface area (Å²) >= 11 is 5.03. The molecule has 4 rings (SSSR count). The van der Waals surface area contributed by atoms with E-state index in [2.05, 4.69) is 62.3 Å². The molecular weight excluding hydrogens is 386 g/mol. The highest BCUT2D eigenvalue weighted by atomic mass is 79.9. The molecule has 24 heavy (non-hydrogen) atoms. The van der Waals surface area contributed by atoms with Crippen LogP contribution in [0.3, 0.4) is 0 Å². The van der Waals surface area contributed by atoms with Crippen molar-refractivity contribution in [3.63, 3.8) is 0 Å². The summed E-state index contributed by atoms with van der Waals surface area (Å²) in [4.78, 5) is 5.00. The number of aromatic nitrogens is 5. The van der Waals surface area contributed by atoms with E-state index in [0.717, 1.165) is 26.4 Å². The van der Waals surface area contributed by atoms with Gasteiger partial charge in [0.15, 0.2) is 5.82 Å². The maximum Gasteiger partial charge on any atom is 0.234 e. The standard InChI is InChI=1S/C17H14BrN5S/c1-2-14(11-6-4-3-5-7-11)16-22-23-15(20-21-17(23)24-16)12-8-13(18)10-19-9-12/h3-10,14H,2H2,1H3. The maximum absolute atomic E-state index is 4.79. The molecule has 0 saturated carbocycles. The second kappa shape index (κ2) is 6.41. The summed E-state index contributed by atoms with van der Waals surface area (Å²) in [6, 6.07) is 12.4. The number of nitrogens with zero attached hydrogens (tertiary/aromatic N) is 5. The molecule has 4 aromatic rings. The highest BCUT2D eigenvalue weighted by molar-refractivity contribution is 9.10. The van der Waals surface area contributed by atoms with Crippen LogP contribution in [0.1, 0.15) is 29.8 Å². The zero-order valence-electron chi connectivity index (χ0n) is 12.9. The molecule has 0 aliphatic rings. The van der Waals surface area contributed by atoms with Gasteiger partial charge in [-0.3, -0.25) is 4.98 Å². The Morgan fingerprint density at radius 2 is 2.00 bits per heavy atom. The van der Waals surface area contributed by atoms with Crippen LogP contribution in [0, 0.1) is 0 Å². The van der Waals surface area contributed by atoms with Gasteiger partial charge < -0.3 is 0 Å². The number of pyridine rings is 1. The van der Waals surface area contributed by atoms with Crippen molar-refractivity contribution >= 4 is 32.2 Å². The van der Waals surface area contributed by atoms with E-state index in [1.807, 2.05) is 16.6 Å². The van der Waals surface area contributed by atoms with E-state index in [-0.39, 0.29) is 5.92 Å². The van der Waals surface area contributed by atoms with Crippen LogP contribution in [0.2, 0.25) is 0 Å². The van der Waals surface area contributed by atoms with E-state index >= 15 is 0 Å². The highest BCUT2D eigenvalue weighted by Gasteiger charge is 2.20. The van der Waals surface area contributed by atoms with Gasteiger partial charge in [0.2, 0.25) is 4.96 Å². The van der Waals surface area contributed by atoms with Gasteiger partial charge >= 0.3 is 0 Å². The average molecular weight is 400 g/mol. The monoisotopic (exact) mass is 399 g/mol. The van der Waals surface area contributed by atoms with Crippen molar-refractivity contribution in [2.75, 3.05) is 0 Å². The van der Waals surface area contributed by atoms with Gasteiger partial charge in [-0.05, 0) is 34.0 Å². The third kappa shape index (κ3) is 2.74. The molecule has 5 nitrogen and oxygen atoms in total. The first-order valence-corrected chi connectivity index (χ1v) is 9.25. The fourth-order valence-corrected chi connectivity index (χ4v) is 4.14. The first-order valence-electron chi connectivity index (χ1n) is 7.64. The summed E-state index contributed by atoms with van der Waals surface area (Å²) in [6.45, 7) is 2.18. The molecule has 7 heteroatoms. The molecule has 1 unspecified atom stereocenters. The first-order chi connectivity index (χ1) is 11.8. The molecule has 0 spiro atoms. The lowest BCUT2D eigenvalue weighted by Crippen LogP contribution is -2.01. The Labute approximate surface area is 151 Å². The largest absolute Gasteiger partial charge is 0.263 e. The zero-order valence-corrected chi connectivity index (χ0v) is 15.3. The van der Waals surface area contributed by atoms with Crippen molar-refractivity contribution < 1.29 is 0 Å². The van der Waals surface area contributed by atoms with Crippen molar-refractivity contribution in [3.05, 3.63) is 63.8 Å². The van der Waals surface area contributed by atoms with Gasteiger partial charge in [0, 0.05) is 28.3 Å². The third-order valence-electron chi connectivity index (χ3n) is 3.88. The fraction of sp³-hybridized carbons (Fsp3) is 0.176. The van der Waals surface area contributed by atoms with Crippen LogP contribution in [0.5, 0.6) is 0 Å². The smallest absolute Gasteiger partial charge is 0.234 e. The van der Waals surface area contributed by atoms with E-state index in [0.29, 0.717) is 5.82 Å². The van der Waals surface area contributed by atoms with E-state index in [9.17, 15) is 0 Å². The zero-order chi connectivity index (χ0) is 16.5. The summed E-state index contributed by atoms with van der Waals surface area (Å²) in [7, 11) is 0. The molecule has 0 saturated heterocycles. The molecule has 0 radical (unpaired) electrons. The Morgan fingerprint density at radius 1 is 1.17 bits per heavy atom. The van der Waals surface area contributed by atoms with Gasteiger partial charge in [-0.1, -0.05) is 48.6 Å². The van der Waals surface area contributed by atoms with Gasteiger partial charge in [-0.2, -0.15) is 9.61 Å². The second-order valence-electron chi connectivity index (χ2n) is 5.42. The molecule has 0 fully saturated rings. The van der Waals surface area contributed by atoms with Crippen molar-refractivity contribution in [1.82, 2.24) is 24.8 Å². The van der Waals surface area contributed by atoms with Crippen LogP contribution in [0.25, 0.3) is 16.3 Å². The van der Waals surface area contributed by atoms with Gasteiger partial charge in [0.05, 0.1) is 0 Å². The minimum atomic E-state index is 0.270. The minimum absolute atomic E-state index is 0.270. The molecule has 120 valence electrons. The van der Waals surface area contributed by atoms with E-state index in [1.165, 1.54) is 5.56 Å².